The van der Waals surface area contributed by atoms with Gasteiger partial charge in [-0.2, -0.15) is 0 Å². The number of ether oxygens (including phenoxy) is 1. The molecule has 0 saturated heterocycles. The van der Waals surface area contributed by atoms with Crippen molar-refractivity contribution >= 4 is 27.5 Å². The van der Waals surface area contributed by atoms with Crippen molar-refractivity contribution in [2.45, 2.75) is 18.2 Å². The van der Waals surface area contributed by atoms with E-state index in [2.05, 4.69) is 21.2 Å². The molecule has 5 heteroatoms. The molecule has 0 aliphatic rings. The van der Waals surface area contributed by atoms with Gasteiger partial charge in [0.25, 0.3) is 0 Å². The molecule has 1 unspecified atom stereocenters. The highest BCUT2D eigenvalue weighted by Gasteiger charge is 2.18. The first kappa shape index (κ1) is 16.5. The molecular formula is C17H17BrFNO2. The second-order valence-corrected chi connectivity index (χ2v) is 5.79. The molecule has 0 fully saturated rings. The summed E-state index contributed by atoms with van der Waals surface area (Å²) in [5, 5.41) is 2.80. The van der Waals surface area contributed by atoms with E-state index in [1.165, 1.54) is 6.07 Å². The molecule has 0 aliphatic heterocycles. The van der Waals surface area contributed by atoms with Gasteiger partial charge in [-0.05, 0) is 37.1 Å². The number of benzene rings is 2. The van der Waals surface area contributed by atoms with Crippen LogP contribution in [0.25, 0.3) is 0 Å². The van der Waals surface area contributed by atoms with E-state index in [1.54, 1.807) is 30.3 Å². The van der Waals surface area contributed by atoms with Crippen molar-refractivity contribution in [3.8, 4) is 5.75 Å². The summed E-state index contributed by atoms with van der Waals surface area (Å²) in [6.45, 7) is 2.39. The zero-order chi connectivity index (χ0) is 15.9. The first-order valence-corrected chi connectivity index (χ1v) is 7.93. The Bertz CT molecular complexity index is 648. The molecule has 1 amide bonds. The summed E-state index contributed by atoms with van der Waals surface area (Å²) in [7, 11) is 0. The predicted molar refractivity (Wildman–Crippen MR) is 89.1 cm³/mol. The van der Waals surface area contributed by atoms with Crippen LogP contribution in [0, 0.1) is 5.82 Å². The van der Waals surface area contributed by atoms with Crippen LogP contribution in [0.1, 0.15) is 12.5 Å². The van der Waals surface area contributed by atoms with Crippen LogP contribution in [-0.2, 0) is 11.2 Å². The van der Waals surface area contributed by atoms with Crippen molar-refractivity contribution in [2.75, 3.05) is 11.9 Å². The Balaban J connectivity index is 2.04. The highest BCUT2D eigenvalue weighted by atomic mass is 79.9. The Hall–Kier alpha value is -1.88. The zero-order valence-electron chi connectivity index (χ0n) is 12.2. The van der Waals surface area contributed by atoms with E-state index in [0.717, 1.165) is 0 Å². The summed E-state index contributed by atoms with van der Waals surface area (Å²) in [5.41, 5.74) is 1.10. The maximum atomic E-state index is 13.6. The van der Waals surface area contributed by atoms with E-state index >= 15 is 0 Å². The largest absolute Gasteiger partial charge is 0.492 e. The number of amides is 1. The molecule has 0 bridgehead atoms. The molecule has 1 N–H and O–H groups in total. The van der Waals surface area contributed by atoms with Gasteiger partial charge in [-0.1, -0.05) is 46.3 Å². The second kappa shape index (κ2) is 7.94. The predicted octanol–water partition coefficient (Wildman–Crippen LogP) is 4.17. The van der Waals surface area contributed by atoms with Gasteiger partial charge in [0.15, 0.2) is 0 Å². The average Bonchev–Trinajstić information content (AvgIpc) is 2.51. The van der Waals surface area contributed by atoms with Crippen LogP contribution < -0.4 is 10.1 Å². The van der Waals surface area contributed by atoms with E-state index in [0.29, 0.717) is 23.6 Å². The molecule has 2 rings (SSSR count). The van der Waals surface area contributed by atoms with Gasteiger partial charge in [0, 0.05) is 0 Å². The summed E-state index contributed by atoms with van der Waals surface area (Å²) < 4.78 is 19.1. The van der Waals surface area contributed by atoms with Gasteiger partial charge in [-0.15, -0.1) is 0 Å². The number of halogens is 2. The smallest absolute Gasteiger partial charge is 0.238 e. The van der Waals surface area contributed by atoms with Gasteiger partial charge in [0.05, 0.1) is 17.1 Å². The Morgan fingerprint density at radius 2 is 1.91 bits per heavy atom. The minimum atomic E-state index is -0.529. The maximum absolute atomic E-state index is 13.6. The number of para-hydroxylation sites is 2. The third-order valence-corrected chi connectivity index (χ3v) is 3.83. The van der Waals surface area contributed by atoms with Gasteiger partial charge in [-0.3, -0.25) is 4.79 Å². The molecule has 0 saturated carbocycles. The van der Waals surface area contributed by atoms with E-state index in [1.807, 2.05) is 19.1 Å². The van der Waals surface area contributed by atoms with Crippen molar-refractivity contribution in [1.82, 2.24) is 0 Å². The Labute approximate surface area is 137 Å². The lowest BCUT2D eigenvalue weighted by Crippen LogP contribution is -2.25. The zero-order valence-corrected chi connectivity index (χ0v) is 13.8. The summed E-state index contributed by atoms with van der Waals surface area (Å²) in [6, 6.07) is 13.7. The van der Waals surface area contributed by atoms with Crippen LogP contribution in [-0.4, -0.2) is 17.3 Å². The normalized spacial score (nSPS) is 11.8. The summed E-state index contributed by atoms with van der Waals surface area (Å²) in [6.07, 6.45) is 0.273. The lowest BCUT2D eigenvalue weighted by molar-refractivity contribution is -0.115. The molecule has 1 atom stereocenters. The van der Waals surface area contributed by atoms with E-state index in [9.17, 15) is 9.18 Å². The van der Waals surface area contributed by atoms with Gasteiger partial charge >= 0.3 is 0 Å². The number of anilines is 1. The fourth-order valence-electron chi connectivity index (χ4n) is 2.01. The van der Waals surface area contributed by atoms with Crippen molar-refractivity contribution in [3.05, 3.63) is 59.9 Å². The Morgan fingerprint density at radius 3 is 2.64 bits per heavy atom. The van der Waals surface area contributed by atoms with Gasteiger partial charge in [-0.25, -0.2) is 4.39 Å². The molecule has 22 heavy (non-hydrogen) atoms. The van der Waals surface area contributed by atoms with Crippen molar-refractivity contribution in [1.29, 1.82) is 0 Å². The van der Waals surface area contributed by atoms with E-state index < -0.39 is 4.83 Å². The molecule has 0 radical (unpaired) electrons. The number of nitrogens with one attached hydrogen (secondary N) is 1. The lowest BCUT2D eigenvalue weighted by Gasteiger charge is -2.14. The van der Waals surface area contributed by atoms with Crippen LogP contribution in [0.4, 0.5) is 10.1 Å². The van der Waals surface area contributed by atoms with Crippen LogP contribution in [0.2, 0.25) is 0 Å². The molecule has 2 aromatic rings. The summed E-state index contributed by atoms with van der Waals surface area (Å²) in [5.74, 6) is 0.0637. The molecule has 2 aromatic carbocycles. The fraction of sp³-hybridized carbons (Fsp3) is 0.235. The summed E-state index contributed by atoms with van der Waals surface area (Å²) in [4.78, 5) is 11.7. The van der Waals surface area contributed by atoms with Crippen molar-refractivity contribution in [3.63, 3.8) is 0 Å². The minimum absolute atomic E-state index is 0.240. The standard InChI is InChI=1S/C17H17BrFNO2/c1-2-22-16-10-6-5-9-15(16)20-17(21)13(18)11-12-7-3-4-8-14(12)19/h3-10,13H,2,11H2,1H3,(H,20,21). The topological polar surface area (TPSA) is 38.3 Å². The molecule has 0 heterocycles. The Kier molecular flexibility index (Phi) is 5.95. The first-order chi connectivity index (χ1) is 10.6. The molecular weight excluding hydrogens is 349 g/mol. The number of alkyl halides is 1. The number of hydrogen-bond acceptors (Lipinski definition) is 2. The van der Waals surface area contributed by atoms with Crippen LogP contribution in [0.3, 0.4) is 0 Å². The highest BCUT2D eigenvalue weighted by molar-refractivity contribution is 9.10. The lowest BCUT2D eigenvalue weighted by atomic mass is 10.1. The van der Waals surface area contributed by atoms with Gasteiger partial charge in [0.2, 0.25) is 5.91 Å². The monoisotopic (exact) mass is 365 g/mol. The molecule has 0 spiro atoms. The fourth-order valence-corrected chi connectivity index (χ4v) is 2.48. The summed E-state index contributed by atoms with van der Waals surface area (Å²) >= 11 is 3.32. The molecule has 0 aromatic heterocycles. The number of carbonyl (C=O) groups is 1. The van der Waals surface area contributed by atoms with Crippen LogP contribution in [0.15, 0.2) is 48.5 Å². The average molecular weight is 366 g/mol. The maximum Gasteiger partial charge on any atom is 0.238 e. The SMILES string of the molecule is CCOc1ccccc1NC(=O)C(Br)Cc1ccccc1F. The number of rotatable bonds is 6. The third kappa shape index (κ3) is 4.31. The quantitative estimate of drug-likeness (QED) is 0.780. The molecule has 116 valence electrons. The first-order valence-electron chi connectivity index (χ1n) is 7.02. The number of hydrogen-bond donors (Lipinski definition) is 1. The van der Waals surface area contributed by atoms with E-state index in [4.69, 9.17) is 4.74 Å². The van der Waals surface area contributed by atoms with Crippen LogP contribution >= 0.6 is 15.9 Å². The number of carbonyl (C=O) groups excluding carboxylic acids is 1. The second-order valence-electron chi connectivity index (χ2n) is 4.68. The van der Waals surface area contributed by atoms with Crippen molar-refractivity contribution in [2.24, 2.45) is 0 Å². The highest BCUT2D eigenvalue weighted by Crippen LogP contribution is 2.25. The molecule has 3 nitrogen and oxygen atoms in total. The van der Waals surface area contributed by atoms with Crippen LogP contribution in [0.5, 0.6) is 5.75 Å². The van der Waals surface area contributed by atoms with Gasteiger partial charge in [0.1, 0.15) is 11.6 Å². The molecule has 0 aliphatic carbocycles. The minimum Gasteiger partial charge on any atom is -0.492 e. The Morgan fingerprint density at radius 1 is 1.23 bits per heavy atom. The van der Waals surface area contributed by atoms with Crippen molar-refractivity contribution < 1.29 is 13.9 Å². The third-order valence-electron chi connectivity index (χ3n) is 3.09. The van der Waals surface area contributed by atoms with Gasteiger partial charge < -0.3 is 10.1 Å². The van der Waals surface area contributed by atoms with E-state index in [-0.39, 0.29) is 18.1 Å².